The van der Waals surface area contributed by atoms with Gasteiger partial charge in [-0.2, -0.15) is 0 Å². The van der Waals surface area contributed by atoms with Gasteiger partial charge in [0.05, 0.1) is 30.4 Å². The van der Waals surface area contributed by atoms with Gasteiger partial charge in [-0.3, -0.25) is 9.52 Å². The van der Waals surface area contributed by atoms with Gasteiger partial charge in [-0.25, -0.2) is 17.6 Å². The molecule has 0 radical (unpaired) electrons. The van der Waals surface area contributed by atoms with Gasteiger partial charge in [0.25, 0.3) is 15.9 Å². The van der Waals surface area contributed by atoms with E-state index in [0.717, 1.165) is 11.3 Å². The minimum Gasteiger partial charge on any atom is -0.485 e. The Hall–Kier alpha value is -3.68. The number of rotatable bonds is 8. The number of likely N-dealkylation sites (N-methyl/N-ethyl adjacent to an activating group) is 1. The van der Waals surface area contributed by atoms with Crippen LogP contribution >= 0.6 is 11.3 Å². The molecular weight excluding hydrogens is 559 g/mol. The van der Waals surface area contributed by atoms with Crippen LogP contribution in [-0.4, -0.2) is 74.2 Å². The van der Waals surface area contributed by atoms with Gasteiger partial charge in [-0.1, -0.05) is 19.1 Å². The molecule has 1 aliphatic rings. The van der Waals surface area contributed by atoms with E-state index in [9.17, 15) is 27.5 Å². The number of nitrogens with zero attached hydrogens (tertiary/aromatic N) is 2. The first-order valence-corrected chi connectivity index (χ1v) is 14.9. The zero-order valence-electron chi connectivity index (χ0n) is 22.2. The van der Waals surface area contributed by atoms with E-state index in [-0.39, 0.29) is 46.8 Å². The summed E-state index contributed by atoms with van der Waals surface area (Å²) in [6, 6.07) is 12.1. The summed E-state index contributed by atoms with van der Waals surface area (Å²) in [7, 11) is -2.39. The maximum absolute atomic E-state index is 13.6. The molecule has 0 saturated heterocycles. The molecule has 3 amide bonds. The molecule has 1 aliphatic heterocycles. The Balaban J connectivity index is 1.67. The zero-order valence-corrected chi connectivity index (χ0v) is 23.8. The van der Waals surface area contributed by atoms with E-state index in [1.165, 1.54) is 52.3 Å². The van der Waals surface area contributed by atoms with Gasteiger partial charge in [0.2, 0.25) is 0 Å². The van der Waals surface area contributed by atoms with Crippen LogP contribution in [0.5, 0.6) is 5.75 Å². The molecule has 0 spiro atoms. The number of hydrogen-bond donors (Lipinski definition) is 3. The monoisotopic (exact) mass is 590 g/mol. The number of sulfonamides is 1. The molecule has 3 aromatic rings. The molecule has 4 rings (SSSR count). The van der Waals surface area contributed by atoms with Gasteiger partial charge >= 0.3 is 6.03 Å². The Morgan fingerprint density at radius 2 is 1.95 bits per heavy atom. The maximum Gasteiger partial charge on any atom is 0.321 e. The summed E-state index contributed by atoms with van der Waals surface area (Å²) < 4.78 is 48.3. The lowest BCUT2D eigenvalue weighted by Gasteiger charge is -2.38. The number of amides is 3. The highest BCUT2D eigenvalue weighted by Crippen LogP contribution is 2.36. The minimum absolute atomic E-state index is 0.0339. The number of carbonyl (C=O) groups is 2. The number of urea groups is 1. The summed E-state index contributed by atoms with van der Waals surface area (Å²) >= 11 is 1.05. The Labute approximate surface area is 236 Å². The Morgan fingerprint density at radius 1 is 1.23 bits per heavy atom. The fraction of sp³-hybridized carbons (Fsp3) is 0.333. The number of aliphatic hydroxyl groups is 1. The van der Waals surface area contributed by atoms with Crippen molar-refractivity contribution >= 4 is 44.7 Å². The lowest BCUT2D eigenvalue weighted by Crippen LogP contribution is -2.50. The Kier molecular flexibility index (Phi) is 8.96. The van der Waals surface area contributed by atoms with E-state index in [4.69, 9.17) is 4.74 Å². The normalized spacial score (nSPS) is 18.1. The molecule has 3 atom stereocenters. The highest BCUT2D eigenvalue weighted by atomic mass is 32.2. The number of thiophene rings is 1. The number of hydrogen-bond acceptors (Lipinski definition) is 7. The average molecular weight is 591 g/mol. The van der Waals surface area contributed by atoms with Crippen LogP contribution in [0.4, 0.5) is 20.6 Å². The summed E-state index contributed by atoms with van der Waals surface area (Å²) in [5.41, 5.74) is 0.615. The third-order valence-corrected chi connectivity index (χ3v) is 9.35. The van der Waals surface area contributed by atoms with Crippen molar-refractivity contribution in [2.45, 2.75) is 30.2 Å². The van der Waals surface area contributed by atoms with E-state index >= 15 is 0 Å². The predicted octanol–water partition coefficient (Wildman–Crippen LogP) is 4.07. The average Bonchev–Trinajstić information content (AvgIpc) is 3.48. The first kappa shape index (κ1) is 29.3. The lowest BCUT2D eigenvalue weighted by molar-refractivity contribution is 0.0373. The number of nitrogens with one attached hydrogen (secondary N) is 2. The van der Waals surface area contributed by atoms with Gasteiger partial charge in [0.1, 0.15) is 16.1 Å². The van der Waals surface area contributed by atoms with Crippen molar-refractivity contribution < 1.29 is 32.2 Å². The maximum atomic E-state index is 13.6. The largest absolute Gasteiger partial charge is 0.485 e. The van der Waals surface area contributed by atoms with Crippen molar-refractivity contribution in [1.82, 2.24) is 9.80 Å². The number of anilines is 2. The second-order valence-electron chi connectivity index (χ2n) is 9.66. The van der Waals surface area contributed by atoms with Crippen molar-refractivity contribution in [3.63, 3.8) is 0 Å². The number of para-hydroxylation sites is 1. The molecule has 0 unspecified atom stereocenters. The highest BCUT2D eigenvalue weighted by molar-refractivity contribution is 7.94. The van der Waals surface area contributed by atoms with E-state index < -0.39 is 39.9 Å². The number of fused-ring (bicyclic) bond motifs is 1. The Morgan fingerprint density at radius 3 is 2.60 bits per heavy atom. The van der Waals surface area contributed by atoms with Crippen molar-refractivity contribution in [1.29, 1.82) is 0 Å². The number of ether oxygens (including phenoxy) is 1. The van der Waals surface area contributed by atoms with Crippen LogP contribution in [0.15, 0.2) is 64.2 Å². The van der Waals surface area contributed by atoms with Gasteiger partial charge in [0, 0.05) is 25.2 Å². The number of benzene rings is 2. The van der Waals surface area contributed by atoms with Crippen LogP contribution in [0.2, 0.25) is 0 Å². The molecular formula is C27H31FN4O6S2. The van der Waals surface area contributed by atoms with E-state index in [1.54, 1.807) is 31.5 Å². The van der Waals surface area contributed by atoms with Crippen molar-refractivity contribution in [3.8, 4) is 5.75 Å². The van der Waals surface area contributed by atoms with E-state index in [1.807, 2.05) is 6.92 Å². The van der Waals surface area contributed by atoms with Gasteiger partial charge in [-0.05, 0) is 54.8 Å². The molecule has 3 N–H and O–H groups in total. The third-order valence-electron chi connectivity index (χ3n) is 6.59. The minimum atomic E-state index is -3.96. The van der Waals surface area contributed by atoms with Crippen LogP contribution in [0.1, 0.15) is 24.2 Å². The standard InChI is InChI=1S/C27H31FN4O6S2/c1-17-14-32(18(2)16-33)26(34)21-6-4-7-22(30-40(36,37)24-8-5-13-39-24)25(21)38-23(17)15-31(3)27(35)29-20-11-9-19(28)10-12-20/h4-13,17-18,23,30,33H,14-16H2,1-3H3,(H,29,35)/t17-,18-,23+/m0/s1. The molecule has 214 valence electrons. The first-order valence-electron chi connectivity index (χ1n) is 12.6. The molecule has 10 nitrogen and oxygen atoms in total. The van der Waals surface area contributed by atoms with E-state index in [0.29, 0.717) is 5.69 Å². The fourth-order valence-corrected chi connectivity index (χ4v) is 6.31. The summed E-state index contributed by atoms with van der Waals surface area (Å²) in [6.45, 7) is 3.60. The zero-order chi connectivity index (χ0) is 29.0. The summed E-state index contributed by atoms with van der Waals surface area (Å²) in [5, 5.41) is 14.2. The van der Waals surface area contributed by atoms with Crippen LogP contribution in [0.3, 0.4) is 0 Å². The van der Waals surface area contributed by atoms with Crippen LogP contribution in [0, 0.1) is 11.7 Å². The van der Waals surface area contributed by atoms with E-state index in [2.05, 4.69) is 10.0 Å². The smallest absolute Gasteiger partial charge is 0.321 e. The van der Waals surface area contributed by atoms with Gasteiger partial charge in [-0.15, -0.1) is 11.3 Å². The molecule has 0 aliphatic carbocycles. The number of halogens is 1. The molecule has 0 bridgehead atoms. The summed E-state index contributed by atoms with van der Waals surface area (Å²) in [6.07, 6.45) is -0.670. The van der Waals surface area contributed by atoms with Crippen LogP contribution < -0.4 is 14.8 Å². The molecule has 0 fully saturated rings. The number of carbonyl (C=O) groups excluding carboxylic acids is 2. The molecule has 0 saturated carbocycles. The summed E-state index contributed by atoms with van der Waals surface area (Å²) in [4.78, 5) is 29.4. The predicted molar refractivity (Wildman–Crippen MR) is 151 cm³/mol. The molecule has 2 aromatic carbocycles. The summed E-state index contributed by atoms with van der Waals surface area (Å²) in [5.74, 6) is -1.13. The van der Waals surface area contributed by atoms with Gasteiger partial charge in [0.15, 0.2) is 5.75 Å². The second-order valence-corrected chi connectivity index (χ2v) is 12.5. The van der Waals surface area contributed by atoms with Crippen molar-refractivity contribution in [2.75, 3.05) is 36.8 Å². The van der Waals surface area contributed by atoms with Crippen LogP contribution in [-0.2, 0) is 10.0 Å². The Bertz CT molecular complexity index is 1450. The molecule has 1 aromatic heterocycles. The van der Waals surface area contributed by atoms with Crippen molar-refractivity contribution in [3.05, 3.63) is 71.4 Å². The molecule has 40 heavy (non-hydrogen) atoms. The lowest BCUT2D eigenvalue weighted by atomic mass is 9.99. The van der Waals surface area contributed by atoms with Crippen molar-refractivity contribution in [2.24, 2.45) is 5.92 Å². The quantitative estimate of drug-likeness (QED) is 0.363. The SMILES string of the molecule is C[C@H]1CN([C@@H](C)CO)C(=O)c2cccc(NS(=O)(=O)c3cccs3)c2O[C@@H]1CN(C)C(=O)Nc1ccc(F)cc1. The third kappa shape index (κ3) is 6.54. The number of aliphatic hydroxyl groups excluding tert-OH is 1. The molecule has 2 heterocycles. The highest BCUT2D eigenvalue weighted by Gasteiger charge is 2.35. The first-order chi connectivity index (χ1) is 19.0. The topological polar surface area (TPSA) is 128 Å². The van der Waals surface area contributed by atoms with Crippen LogP contribution in [0.25, 0.3) is 0 Å². The van der Waals surface area contributed by atoms with Gasteiger partial charge < -0.3 is 25.0 Å². The fourth-order valence-electron chi connectivity index (χ4n) is 4.26. The second kappa shape index (κ2) is 12.2. The molecule has 13 heteroatoms.